The maximum absolute atomic E-state index is 13.1. The molecule has 0 radical (unpaired) electrons. The van der Waals surface area contributed by atoms with Crippen LogP contribution in [0.15, 0.2) is 55.0 Å². The minimum Gasteiger partial charge on any atom is -0.324 e. The van der Waals surface area contributed by atoms with Crippen LogP contribution in [0.2, 0.25) is 0 Å². The Kier molecular flexibility index (Phi) is 7.26. The van der Waals surface area contributed by atoms with Crippen molar-refractivity contribution in [3.63, 3.8) is 0 Å². The Bertz CT molecular complexity index is 1490. The minimum absolute atomic E-state index is 0.00747. The summed E-state index contributed by atoms with van der Waals surface area (Å²) >= 11 is 0. The predicted molar refractivity (Wildman–Crippen MR) is 146 cm³/mol. The first-order valence-corrected chi connectivity index (χ1v) is 13.0. The van der Waals surface area contributed by atoms with Crippen molar-refractivity contribution in [1.82, 2.24) is 20.2 Å². The third-order valence-corrected chi connectivity index (χ3v) is 7.00. The van der Waals surface area contributed by atoms with Gasteiger partial charge in [0.2, 0.25) is 5.91 Å². The van der Waals surface area contributed by atoms with Crippen LogP contribution in [0.3, 0.4) is 0 Å². The number of nitrogens with one attached hydrogen (secondary N) is 3. The van der Waals surface area contributed by atoms with Crippen LogP contribution < -0.4 is 10.6 Å². The average molecular weight is 511 g/mol. The summed E-state index contributed by atoms with van der Waals surface area (Å²) in [7, 11) is 0. The van der Waals surface area contributed by atoms with Crippen LogP contribution in [0, 0.1) is 11.8 Å². The quantitative estimate of drug-likeness (QED) is 0.237. The third kappa shape index (κ3) is 5.61. The largest absolute Gasteiger partial charge is 0.324 e. The molecular formula is C29H30N6O3. The topological polar surface area (TPSA) is 130 Å². The lowest BCUT2D eigenvalue weighted by atomic mass is 9.96. The lowest BCUT2D eigenvalue weighted by molar-refractivity contribution is -0.117. The highest BCUT2D eigenvalue weighted by atomic mass is 16.2. The van der Waals surface area contributed by atoms with Crippen molar-refractivity contribution in [3.8, 4) is 11.1 Å². The summed E-state index contributed by atoms with van der Waals surface area (Å²) in [6.45, 7) is 4.16. The van der Waals surface area contributed by atoms with Crippen LogP contribution in [0.25, 0.3) is 22.0 Å². The zero-order valence-corrected chi connectivity index (χ0v) is 21.5. The molecule has 0 aliphatic heterocycles. The minimum atomic E-state index is -0.394. The Morgan fingerprint density at radius 1 is 0.947 bits per heavy atom. The van der Waals surface area contributed by atoms with Gasteiger partial charge in [-0.05, 0) is 54.7 Å². The van der Waals surface area contributed by atoms with E-state index in [-0.39, 0.29) is 23.3 Å². The number of pyridine rings is 2. The lowest BCUT2D eigenvalue weighted by Crippen LogP contribution is -2.14. The smallest absolute Gasteiger partial charge is 0.276 e. The molecule has 1 aliphatic rings. The van der Waals surface area contributed by atoms with E-state index in [4.69, 9.17) is 0 Å². The Labute approximate surface area is 220 Å². The third-order valence-electron chi connectivity index (χ3n) is 7.00. The van der Waals surface area contributed by atoms with Crippen LogP contribution in [0.1, 0.15) is 66.9 Å². The SMILES string of the molecule is CCC(CC)CC(=O)c1ccc(NC(=O)c2n[nH]c3ccc(-c4cncc(NC(=O)C5CC5)c4)cc23)cn1. The molecule has 3 N–H and O–H groups in total. The van der Waals surface area contributed by atoms with E-state index in [1.54, 1.807) is 24.5 Å². The van der Waals surface area contributed by atoms with Crippen molar-refractivity contribution in [1.29, 1.82) is 0 Å². The molecule has 0 unspecified atom stereocenters. The molecule has 0 atom stereocenters. The number of nitrogens with zero attached hydrogens (tertiary/aromatic N) is 3. The molecular weight excluding hydrogens is 480 g/mol. The number of aromatic amines is 1. The molecule has 1 aliphatic carbocycles. The Morgan fingerprint density at radius 3 is 2.47 bits per heavy atom. The molecule has 4 aromatic rings. The second kappa shape index (κ2) is 10.9. The van der Waals surface area contributed by atoms with E-state index < -0.39 is 5.91 Å². The van der Waals surface area contributed by atoms with Crippen LogP contribution in [0.5, 0.6) is 0 Å². The molecule has 0 spiro atoms. The summed E-state index contributed by atoms with van der Waals surface area (Å²) in [5, 5.41) is 13.5. The zero-order valence-electron chi connectivity index (χ0n) is 21.5. The van der Waals surface area contributed by atoms with Gasteiger partial charge in [-0.2, -0.15) is 5.10 Å². The molecule has 0 bridgehead atoms. The molecule has 1 saturated carbocycles. The number of ketones is 1. The average Bonchev–Trinajstić information content (AvgIpc) is 3.71. The van der Waals surface area contributed by atoms with Gasteiger partial charge in [0.05, 0.1) is 29.3 Å². The number of aromatic nitrogens is 4. The molecule has 0 saturated heterocycles. The number of Topliss-reactive ketones (excluding diaryl/α,β-unsaturated/α-hetero) is 1. The van der Waals surface area contributed by atoms with Gasteiger partial charge >= 0.3 is 0 Å². The second-order valence-corrected chi connectivity index (χ2v) is 9.75. The van der Waals surface area contributed by atoms with E-state index >= 15 is 0 Å². The fourth-order valence-electron chi connectivity index (χ4n) is 4.39. The number of fused-ring (bicyclic) bond motifs is 1. The zero-order chi connectivity index (χ0) is 26.6. The highest BCUT2D eigenvalue weighted by molar-refractivity contribution is 6.11. The molecule has 1 fully saturated rings. The normalized spacial score (nSPS) is 13.0. The molecule has 2 amide bonds. The van der Waals surface area contributed by atoms with Crippen molar-refractivity contribution in [2.75, 3.05) is 10.6 Å². The number of rotatable bonds is 10. The van der Waals surface area contributed by atoms with Crippen LogP contribution >= 0.6 is 0 Å². The fourth-order valence-corrected chi connectivity index (χ4v) is 4.39. The van der Waals surface area contributed by atoms with Crippen molar-refractivity contribution >= 4 is 39.9 Å². The van der Waals surface area contributed by atoms with Crippen LogP contribution in [-0.4, -0.2) is 37.8 Å². The maximum Gasteiger partial charge on any atom is 0.276 e. The number of carbonyl (C=O) groups excluding carboxylic acids is 3. The molecule has 3 aromatic heterocycles. The number of amides is 2. The predicted octanol–water partition coefficient (Wildman–Crippen LogP) is 5.63. The van der Waals surface area contributed by atoms with Gasteiger partial charge < -0.3 is 10.6 Å². The standard InChI is InChI=1S/C29H30N6O3/c1-3-17(4-2)11-26(36)25-10-8-21(16-31-25)32-29(38)27-23-13-19(7-9-24(23)34-35-27)20-12-22(15-30-14-20)33-28(37)18-5-6-18/h7-10,12-18H,3-6,11H2,1-2H3,(H,32,38)(H,33,37)(H,34,35). The summed E-state index contributed by atoms with van der Waals surface area (Å²) in [5.74, 6) is 0.0822. The van der Waals surface area contributed by atoms with Gasteiger partial charge in [0.25, 0.3) is 5.91 Å². The van der Waals surface area contributed by atoms with E-state index in [2.05, 4.69) is 44.6 Å². The van der Waals surface area contributed by atoms with Crippen molar-refractivity contribution < 1.29 is 14.4 Å². The molecule has 38 heavy (non-hydrogen) atoms. The summed E-state index contributed by atoms with van der Waals surface area (Å²) in [6, 6.07) is 10.8. The number of hydrogen-bond acceptors (Lipinski definition) is 6. The van der Waals surface area contributed by atoms with Gasteiger partial charge in [-0.25, -0.2) is 0 Å². The molecule has 1 aromatic carbocycles. The van der Waals surface area contributed by atoms with Gasteiger partial charge in [0.1, 0.15) is 5.69 Å². The summed E-state index contributed by atoms with van der Waals surface area (Å²) in [6.07, 6.45) is 9.06. The number of H-pyrrole nitrogens is 1. The number of hydrogen-bond donors (Lipinski definition) is 3. The van der Waals surface area contributed by atoms with Crippen LogP contribution in [-0.2, 0) is 4.79 Å². The first-order valence-electron chi connectivity index (χ1n) is 13.0. The summed E-state index contributed by atoms with van der Waals surface area (Å²) in [5.41, 5.74) is 4.11. The number of benzene rings is 1. The van der Waals surface area contributed by atoms with Gasteiger partial charge in [-0.1, -0.05) is 32.8 Å². The first-order chi connectivity index (χ1) is 18.4. The van der Waals surface area contributed by atoms with E-state index in [1.807, 2.05) is 24.3 Å². The van der Waals surface area contributed by atoms with E-state index in [1.165, 1.54) is 6.20 Å². The molecule has 194 valence electrons. The van der Waals surface area contributed by atoms with Crippen molar-refractivity contribution in [2.45, 2.75) is 46.0 Å². The monoisotopic (exact) mass is 510 g/mol. The fraction of sp³-hybridized carbons (Fsp3) is 0.310. The second-order valence-electron chi connectivity index (χ2n) is 9.75. The van der Waals surface area contributed by atoms with E-state index in [9.17, 15) is 14.4 Å². The first kappa shape index (κ1) is 25.3. The maximum atomic E-state index is 13.1. The molecule has 3 heterocycles. The van der Waals surface area contributed by atoms with Gasteiger partial charge in [0.15, 0.2) is 11.5 Å². The summed E-state index contributed by atoms with van der Waals surface area (Å²) in [4.78, 5) is 46.3. The lowest BCUT2D eigenvalue weighted by Gasteiger charge is -2.10. The molecule has 9 heteroatoms. The molecule has 9 nitrogen and oxygen atoms in total. The number of anilines is 2. The van der Waals surface area contributed by atoms with Gasteiger partial charge in [0, 0.05) is 29.5 Å². The van der Waals surface area contributed by atoms with Gasteiger partial charge in [-0.3, -0.25) is 29.5 Å². The Hall–Kier alpha value is -4.40. The van der Waals surface area contributed by atoms with Crippen molar-refractivity contribution in [2.24, 2.45) is 11.8 Å². The summed E-state index contributed by atoms with van der Waals surface area (Å²) < 4.78 is 0. The Balaban J connectivity index is 1.31. The highest BCUT2D eigenvalue weighted by Gasteiger charge is 2.29. The van der Waals surface area contributed by atoms with Crippen molar-refractivity contribution in [3.05, 3.63) is 66.4 Å². The highest BCUT2D eigenvalue weighted by Crippen LogP contribution is 2.31. The van der Waals surface area contributed by atoms with Gasteiger partial charge in [-0.15, -0.1) is 0 Å². The Morgan fingerprint density at radius 2 is 1.76 bits per heavy atom. The van der Waals surface area contributed by atoms with Crippen LogP contribution in [0.4, 0.5) is 11.4 Å². The van der Waals surface area contributed by atoms with E-state index in [0.717, 1.165) is 36.8 Å². The molecule has 5 rings (SSSR count). The number of carbonyl (C=O) groups is 3. The van der Waals surface area contributed by atoms with E-state index in [0.29, 0.717) is 40.3 Å².